The van der Waals surface area contributed by atoms with E-state index in [0.29, 0.717) is 6.04 Å². The molecule has 1 N–H and O–H groups in total. The summed E-state index contributed by atoms with van der Waals surface area (Å²) < 4.78 is 6.78. The van der Waals surface area contributed by atoms with E-state index >= 15 is 0 Å². The fraction of sp³-hybridized carbons (Fsp3) is 0.636. The van der Waals surface area contributed by atoms with Gasteiger partial charge in [0.1, 0.15) is 0 Å². The molecule has 1 aromatic heterocycles. The summed E-state index contributed by atoms with van der Waals surface area (Å²) in [5.41, 5.74) is 1.30. The monoisotopic (exact) mass is 291 g/mol. The zero-order valence-corrected chi connectivity index (χ0v) is 11.7. The molecule has 0 spiro atoms. The molecule has 1 atom stereocenters. The van der Waals surface area contributed by atoms with E-state index in [1.807, 2.05) is 0 Å². The van der Waals surface area contributed by atoms with Crippen molar-refractivity contribution in [3.05, 3.63) is 20.8 Å². The van der Waals surface area contributed by atoms with Crippen LogP contribution < -0.4 is 5.32 Å². The van der Waals surface area contributed by atoms with E-state index in [1.54, 1.807) is 11.3 Å². The minimum atomic E-state index is 0.308. The molecule has 2 nitrogen and oxygen atoms in total. The van der Waals surface area contributed by atoms with Crippen LogP contribution in [0.2, 0.25) is 0 Å². The SMILES string of the molecule is CCCOCC(NCC)c1cscc1Br. The Morgan fingerprint density at radius 1 is 1.47 bits per heavy atom. The fourth-order valence-electron chi connectivity index (χ4n) is 1.39. The summed E-state index contributed by atoms with van der Waals surface area (Å²) in [4.78, 5) is 0. The normalized spacial score (nSPS) is 13.0. The third-order valence-electron chi connectivity index (χ3n) is 2.10. The first kappa shape index (κ1) is 13.2. The molecule has 0 aliphatic carbocycles. The van der Waals surface area contributed by atoms with Gasteiger partial charge in [0, 0.05) is 16.5 Å². The van der Waals surface area contributed by atoms with Gasteiger partial charge in [-0.2, -0.15) is 11.3 Å². The van der Waals surface area contributed by atoms with Crippen LogP contribution in [-0.2, 0) is 4.74 Å². The second-order valence-electron chi connectivity index (χ2n) is 3.36. The van der Waals surface area contributed by atoms with Gasteiger partial charge in [0.05, 0.1) is 12.6 Å². The van der Waals surface area contributed by atoms with Gasteiger partial charge in [-0.15, -0.1) is 0 Å². The van der Waals surface area contributed by atoms with Gasteiger partial charge in [-0.05, 0) is 39.8 Å². The zero-order chi connectivity index (χ0) is 11.1. The largest absolute Gasteiger partial charge is 0.379 e. The van der Waals surface area contributed by atoms with E-state index in [-0.39, 0.29) is 0 Å². The van der Waals surface area contributed by atoms with Gasteiger partial charge in [-0.25, -0.2) is 0 Å². The fourth-order valence-corrected chi connectivity index (χ4v) is 3.02. The van der Waals surface area contributed by atoms with Crippen LogP contribution in [0.1, 0.15) is 31.9 Å². The van der Waals surface area contributed by atoms with Crippen molar-refractivity contribution >= 4 is 27.3 Å². The number of ether oxygens (including phenoxy) is 1. The molecule has 0 bridgehead atoms. The molecule has 86 valence electrons. The number of rotatable bonds is 7. The first-order valence-corrected chi connectivity index (χ1v) is 7.05. The molecule has 1 aromatic rings. The van der Waals surface area contributed by atoms with Crippen LogP contribution in [0.15, 0.2) is 15.2 Å². The Morgan fingerprint density at radius 3 is 2.80 bits per heavy atom. The standard InChI is InChI=1S/C11H18BrNOS/c1-3-5-14-6-11(13-4-2)9-7-15-8-10(9)12/h7-8,11,13H,3-6H2,1-2H3. The maximum Gasteiger partial charge on any atom is 0.0662 e. The van der Waals surface area contributed by atoms with E-state index in [4.69, 9.17) is 4.74 Å². The number of hydrogen-bond donors (Lipinski definition) is 1. The molecule has 0 radical (unpaired) electrons. The van der Waals surface area contributed by atoms with E-state index < -0.39 is 0 Å². The Hall–Kier alpha value is 0.100. The molecule has 0 aromatic carbocycles. The van der Waals surface area contributed by atoms with E-state index in [0.717, 1.165) is 26.2 Å². The highest BCUT2D eigenvalue weighted by molar-refractivity contribution is 9.10. The lowest BCUT2D eigenvalue weighted by Crippen LogP contribution is -2.25. The summed E-state index contributed by atoms with van der Waals surface area (Å²) in [7, 11) is 0. The molecule has 0 amide bonds. The van der Waals surface area contributed by atoms with Crippen molar-refractivity contribution in [1.82, 2.24) is 5.32 Å². The highest BCUT2D eigenvalue weighted by Crippen LogP contribution is 2.27. The Morgan fingerprint density at radius 2 is 2.27 bits per heavy atom. The summed E-state index contributed by atoms with van der Waals surface area (Å²) in [6.45, 7) is 6.79. The molecule has 0 aliphatic rings. The maximum absolute atomic E-state index is 5.60. The second kappa shape index (κ2) is 7.39. The van der Waals surface area contributed by atoms with E-state index in [2.05, 4.69) is 45.9 Å². The lowest BCUT2D eigenvalue weighted by Gasteiger charge is -2.17. The van der Waals surface area contributed by atoms with Crippen LogP contribution in [0, 0.1) is 0 Å². The van der Waals surface area contributed by atoms with Crippen molar-refractivity contribution in [3.63, 3.8) is 0 Å². The third-order valence-corrected chi connectivity index (χ3v) is 3.85. The van der Waals surface area contributed by atoms with Crippen LogP contribution in [0.4, 0.5) is 0 Å². The Kier molecular flexibility index (Phi) is 6.48. The zero-order valence-electron chi connectivity index (χ0n) is 9.25. The van der Waals surface area contributed by atoms with E-state index in [1.165, 1.54) is 10.0 Å². The van der Waals surface area contributed by atoms with Gasteiger partial charge in [-0.3, -0.25) is 0 Å². The molecule has 4 heteroatoms. The summed E-state index contributed by atoms with van der Waals surface area (Å²) in [5.74, 6) is 0. The average Bonchev–Trinajstić information content (AvgIpc) is 2.64. The van der Waals surface area contributed by atoms with E-state index in [9.17, 15) is 0 Å². The first-order chi connectivity index (χ1) is 7.29. The first-order valence-electron chi connectivity index (χ1n) is 5.32. The average molecular weight is 292 g/mol. The minimum Gasteiger partial charge on any atom is -0.379 e. The smallest absolute Gasteiger partial charge is 0.0662 e. The summed E-state index contributed by atoms with van der Waals surface area (Å²) in [6.07, 6.45) is 1.07. The van der Waals surface area contributed by atoms with Crippen molar-refractivity contribution < 1.29 is 4.74 Å². The van der Waals surface area contributed by atoms with Gasteiger partial charge in [0.15, 0.2) is 0 Å². The third kappa shape index (κ3) is 4.23. The van der Waals surface area contributed by atoms with Crippen molar-refractivity contribution in [2.24, 2.45) is 0 Å². The molecule has 0 aliphatic heterocycles. The predicted molar refractivity (Wildman–Crippen MR) is 69.5 cm³/mol. The van der Waals surface area contributed by atoms with Crippen molar-refractivity contribution in [2.75, 3.05) is 19.8 Å². The second-order valence-corrected chi connectivity index (χ2v) is 4.96. The van der Waals surface area contributed by atoms with Gasteiger partial charge >= 0.3 is 0 Å². The molecule has 0 saturated carbocycles. The lowest BCUT2D eigenvalue weighted by molar-refractivity contribution is 0.112. The number of thiophene rings is 1. The van der Waals surface area contributed by atoms with Crippen LogP contribution >= 0.6 is 27.3 Å². The molecular formula is C11H18BrNOS. The van der Waals surface area contributed by atoms with Crippen molar-refractivity contribution in [1.29, 1.82) is 0 Å². The number of nitrogens with one attached hydrogen (secondary N) is 1. The molecule has 0 saturated heterocycles. The highest BCUT2D eigenvalue weighted by atomic mass is 79.9. The van der Waals surface area contributed by atoms with Gasteiger partial charge in [-0.1, -0.05) is 13.8 Å². The van der Waals surface area contributed by atoms with Crippen molar-refractivity contribution in [2.45, 2.75) is 26.3 Å². The highest BCUT2D eigenvalue weighted by Gasteiger charge is 2.14. The van der Waals surface area contributed by atoms with Crippen molar-refractivity contribution in [3.8, 4) is 0 Å². The molecule has 15 heavy (non-hydrogen) atoms. The Balaban J connectivity index is 2.53. The van der Waals surface area contributed by atoms with Gasteiger partial charge in [0.2, 0.25) is 0 Å². The van der Waals surface area contributed by atoms with Crippen LogP contribution in [-0.4, -0.2) is 19.8 Å². The number of halogens is 1. The summed E-state index contributed by atoms with van der Waals surface area (Å²) in [5, 5.41) is 7.72. The van der Waals surface area contributed by atoms with Crippen LogP contribution in [0.25, 0.3) is 0 Å². The van der Waals surface area contributed by atoms with Gasteiger partial charge < -0.3 is 10.1 Å². The Bertz CT molecular complexity index is 277. The van der Waals surface area contributed by atoms with Crippen LogP contribution in [0.3, 0.4) is 0 Å². The molecule has 1 rings (SSSR count). The number of likely N-dealkylation sites (N-methyl/N-ethyl adjacent to an activating group) is 1. The Labute approximate surface area is 104 Å². The molecule has 0 fully saturated rings. The predicted octanol–water partition coefficient (Wildman–Crippen LogP) is 3.59. The summed E-state index contributed by atoms with van der Waals surface area (Å²) in [6, 6.07) is 0.308. The minimum absolute atomic E-state index is 0.308. The molecule has 1 unspecified atom stereocenters. The molecule has 1 heterocycles. The molecular weight excluding hydrogens is 274 g/mol. The van der Waals surface area contributed by atoms with Crippen LogP contribution in [0.5, 0.6) is 0 Å². The summed E-state index contributed by atoms with van der Waals surface area (Å²) >= 11 is 5.28. The lowest BCUT2D eigenvalue weighted by atomic mass is 10.1. The van der Waals surface area contributed by atoms with Gasteiger partial charge in [0.25, 0.3) is 0 Å². The topological polar surface area (TPSA) is 21.3 Å². The maximum atomic E-state index is 5.60. The quantitative estimate of drug-likeness (QED) is 0.775. The number of hydrogen-bond acceptors (Lipinski definition) is 3.